The summed E-state index contributed by atoms with van der Waals surface area (Å²) in [4.78, 5) is 11.4. The molecule has 0 aromatic heterocycles. The van der Waals surface area contributed by atoms with Crippen LogP contribution >= 0.6 is 0 Å². The minimum absolute atomic E-state index is 0.363. The van der Waals surface area contributed by atoms with E-state index in [4.69, 9.17) is 0 Å². The predicted octanol–water partition coefficient (Wildman–Crippen LogP) is 2.38. The van der Waals surface area contributed by atoms with Gasteiger partial charge in [0.05, 0.1) is 6.54 Å². The number of carbonyl (C=O) groups excluding carboxylic acids is 1. The molecule has 0 aliphatic heterocycles. The molecule has 2 nitrogen and oxygen atoms in total. The van der Waals surface area contributed by atoms with Gasteiger partial charge in [0.15, 0.2) is 0 Å². The summed E-state index contributed by atoms with van der Waals surface area (Å²) in [6.45, 7) is 7.93. The van der Waals surface area contributed by atoms with Crippen molar-refractivity contribution >= 4 is 5.78 Å². The van der Waals surface area contributed by atoms with E-state index in [9.17, 15) is 4.79 Å². The molecule has 0 bridgehead atoms. The molecule has 2 heteroatoms. The molecule has 0 saturated heterocycles. The summed E-state index contributed by atoms with van der Waals surface area (Å²) in [5.41, 5.74) is 0. The molecule has 0 aromatic carbocycles. The van der Waals surface area contributed by atoms with Gasteiger partial charge < -0.3 is 5.32 Å². The third kappa shape index (κ3) is 6.76. The molecule has 0 aromatic rings. The summed E-state index contributed by atoms with van der Waals surface area (Å²) in [6, 6.07) is 0. The third-order valence-electron chi connectivity index (χ3n) is 2.42. The molecule has 13 heavy (non-hydrogen) atoms. The second-order valence-corrected chi connectivity index (χ2v) is 3.60. The second-order valence-electron chi connectivity index (χ2n) is 3.60. The van der Waals surface area contributed by atoms with E-state index in [0.29, 0.717) is 18.2 Å². The van der Waals surface area contributed by atoms with Crippen LogP contribution in [0.4, 0.5) is 0 Å². The first kappa shape index (κ1) is 12.6. The summed E-state index contributed by atoms with van der Waals surface area (Å²) in [5, 5.41) is 3.14. The van der Waals surface area contributed by atoms with Gasteiger partial charge in [-0.15, -0.1) is 0 Å². The lowest BCUT2D eigenvalue weighted by Gasteiger charge is -2.10. The van der Waals surface area contributed by atoms with Crippen LogP contribution < -0.4 is 5.32 Å². The van der Waals surface area contributed by atoms with Crippen molar-refractivity contribution < 1.29 is 4.79 Å². The lowest BCUT2D eigenvalue weighted by molar-refractivity contribution is -0.119. The zero-order valence-corrected chi connectivity index (χ0v) is 9.23. The average Bonchev–Trinajstić information content (AvgIpc) is 2.14. The molecule has 0 saturated carbocycles. The van der Waals surface area contributed by atoms with E-state index in [0.717, 1.165) is 32.2 Å². The van der Waals surface area contributed by atoms with E-state index in [1.54, 1.807) is 0 Å². The fraction of sp³-hybridized carbons (Fsp3) is 0.909. The number of Topliss-reactive ketones (excluding diaryl/α,β-unsaturated/α-hetero) is 1. The summed E-state index contributed by atoms with van der Waals surface area (Å²) < 4.78 is 0. The van der Waals surface area contributed by atoms with Gasteiger partial charge in [0.2, 0.25) is 0 Å². The van der Waals surface area contributed by atoms with E-state index in [-0.39, 0.29) is 0 Å². The molecule has 0 rings (SSSR count). The zero-order valence-electron chi connectivity index (χ0n) is 9.23. The Morgan fingerprint density at radius 1 is 1.23 bits per heavy atom. The Hall–Kier alpha value is -0.370. The van der Waals surface area contributed by atoms with Gasteiger partial charge in [0, 0.05) is 6.42 Å². The Kier molecular flexibility index (Phi) is 8.00. The van der Waals surface area contributed by atoms with E-state index in [1.807, 2.05) is 0 Å². The molecule has 0 heterocycles. The Morgan fingerprint density at radius 2 is 1.85 bits per heavy atom. The average molecular weight is 185 g/mol. The first-order valence-corrected chi connectivity index (χ1v) is 5.46. The molecule has 0 unspecified atom stereocenters. The van der Waals surface area contributed by atoms with Crippen molar-refractivity contribution in [1.82, 2.24) is 5.32 Å². The standard InChI is InChI=1S/C11H23NO/c1-4-7-12-9-11(13)8-10(5-2)6-3/h10,12H,4-9H2,1-3H3. The van der Waals surface area contributed by atoms with Crippen LogP contribution in [0.25, 0.3) is 0 Å². The van der Waals surface area contributed by atoms with Crippen molar-refractivity contribution in [3.05, 3.63) is 0 Å². The van der Waals surface area contributed by atoms with E-state index >= 15 is 0 Å². The van der Waals surface area contributed by atoms with Crippen LogP contribution in [0.3, 0.4) is 0 Å². The van der Waals surface area contributed by atoms with Crippen LogP contribution in [0.15, 0.2) is 0 Å². The van der Waals surface area contributed by atoms with Crippen LogP contribution in [0.5, 0.6) is 0 Å². The Bertz CT molecular complexity index is 130. The third-order valence-corrected chi connectivity index (χ3v) is 2.42. The van der Waals surface area contributed by atoms with Crippen LogP contribution in [0.1, 0.15) is 46.5 Å². The maximum Gasteiger partial charge on any atom is 0.146 e. The summed E-state index contributed by atoms with van der Waals surface area (Å²) in [5.74, 6) is 0.957. The highest BCUT2D eigenvalue weighted by Crippen LogP contribution is 2.12. The highest BCUT2D eigenvalue weighted by atomic mass is 16.1. The van der Waals surface area contributed by atoms with Gasteiger partial charge in [-0.1, -0.05) is 33.6 Å². The van der Waals surface area contributed by atoms with Gasteiger partial charge in [0.1, 0.15) is 5.78 Å². The summed E-state index contributed by atoms with van der Waals surface area (Å²) in [7, 11) is 0. The number of rotatable bonds is 8. The smallest absolute Gasteiger partial charge is 0.146 e. The number of nitrogens with one attached hydrogen (secondary N) is 1. The number of ketones is 1. The Labute approximate surface area is 82.1 Å². The maximum atomic E-state index is 11.4. The number of hydrogen-bond donors (Lipinski definition) is 1. The minimum Gasteiger partial charge on any atom is -0.310 e. The molecule has 0 atom stereocenters. The largest absolute Gasteiger partial charge is 0.310 e. The fourth-order valence-electron chi connectivity index (χ4n) is 1.38. The summed E-state index contributed by atoms with van der Waals surface area (Å²) >= 11 is 0. The highest BCUT2D eigenvalue weighted by molar-refractivity contribution is 5.80. The molecule has 1 N–H and O–H groups in total. The molecule has 0 aliphatic rings. The second kappa shape index (κ2) is 8.24. The number of carbonyl (C=O) groups is 1. The Morgan fingerprint density at radius 3 is 2.31 bits per heavy atom. The van der Waals surface area contributed by atoms with Crippen molar-refractivity contribution in [2.75, 3.05) is 13.1 Å². The Balaban J connectivity index is 3.48. The number of hydrogen-bond acceptors (Lipinski definition) is 2. The van der Waals surface area contributed by atoms with Gasteiger partial charge >= 0.3 is 0 Å². The fourth-order valence-corrected chi connectivity index (χ4v) is 1.38. The first-order chi connectivity index (χ1) is 6.24. The molecule has 78 valence electrons. The van der Waals surface area contributed by atoms with E-state index in [1.165, 1.54) is 0 Å². The van der Waals surface area contributed by atoms with Crippen molar-refractivity contribution in [3.8, 4) is 0 Å². The van der Waals surface area contributed by atoms with Gasteiger partial charge in [0.25, 0.3) is 0 Å². The van der Waals surface area contributed by atoms with Crippen molar-refractivity contribution in [2.24, 2.45) is 5.92 Å². The van der Waals surface area contributed by atoms with E-state index in [2.05, 4.69) is 26.1 Å². The molecular weight excluding hydrogens is 162 g/mol. The van der Waals surface area contributed by atoms with Gasteiger partial charge in [-0.25, -0.2) is 0 Å². The van der Waals surface area contributed by atoms with Gasteiger partial charge in [-0.2, -0.15) is 0 Å². The van der Waals surface area contributed by atoms with Crippen LogP contribution in [0, 0.1) is 5.92 Å². The predicted molar refractivity (Wildman–Crippen MR) is 56.9 cm³/mol. The van der Waals surface area contributed by atoms with Gasteiger partial charge in [-0.05, 0) is 18.9 Å². The van der Waals surface area contributed by atoms with Crippen LogP contribution in [-0.4, -0.2) is 18.9 Å². The normalized spacial score (nSPS) is 10.8. The first-order valence-electron chi connectivity index (χ1n) is 5.46. The topological polar surface area (TPSA) is 29.1 Å². The van der Waals surface area contributed by atoms with Crippen molar-refractivity contribution in [2.45, 2.75) is 46.5 Å². The van der Waals surface area contributed by atoms with Crippen LogP contribution in [0.2, 0.25) is 0 Å². The molecule has 0 fully saturated rings. The molecule has 0 radical (unpaired) electrons. The monoisotopic (exact) mass is 185 g/mol. The minimum atomic E-state index is 0.363. The lowest BCUT2D eigenvalue weighted by atomic mass is 9.97. The maximum absolute atomic E-state index is 11.4. The summed E-state index contributed by atoms with van der Waals surface area (Å²) in [6.07, 6.45) is 4.09. The van der Waals surface area contributed by atoms with Crippen molar-refractivity contribution in [3.63, 3.8) is 0 Å². The molecular formula is C11H23NO. The zero-order chi connectivity index (χ0) is 10.1. The quantitative estimate of drug-likeness (QED) is 0.588. The van der Waals surface area contributed by atoms with Crippen LogP contribution in [-0.2, 0) is 4.79 Å². The van der Waals surface area contributed by atoms with E-state index < -0.39 is 0 Å². The van der Waals surface area contributed by atoms with Crippen molar-refractivity contribution in [1.29, 1.82) is 0 Å². The molecule has 0 aliphatic carbocycles. The highest BCUT2D eigenvalue weighted by Gasteiger charge is 2.09. The lowest BCUT2D eigenvalue weighted by Crippen LogP contribution is -2.25. The van der Waals surface area contributed by atoms with Gasteiger partial charge in [-0.3, -0.25) is 4.79 Å². The molecule has 0 spiro atoms. The molecule has 0 amide bonds. The SMILES string of the molecule is CCCNCC(=O)CC(CC)CC.